The van der Waals surface area contributed by atoms with Crippen LogP contribution in [-0.4, -0.2) is 28.5 Å². The molecule has 1 aliphatic carbocycles. The molecule has 1 aliphatic rings. The highest BCUT2D eigenvalue weighted by Crippen LogP contribution is 2.36. The fraction of sp³-hybridized carbons (Fsp3) is 0.345. The van der Waals surface area contributed by atoms with E-state index in [4.69, 9.17) is 4.74 Å². The Morgan fingerprint density at radius 2 is 1.75 bits per heavy atom. The molecule has 188 valence electrons. The lowest BCUT2D eigenvalue weighted by molar-refractivity contribution is 0.0908. The number of amides is 1. The van der Waals surface area contributed by atoms with Gasteiger partial charge < -0.3 is 15.2 Å². The van der Waals surface area contributed by atoms with Crippen molar-refractivity contribution in [1.82, 2.24) is 4.57 Å². The molecule has 7 nitrogen and oxygen atoms in total. The monoisotopic (exact) mass is 488 g/mol. The number of aromatic hydroxyl groups is 1. The highest BCUT2D eigenvalue weighted by atomic mass is 16.5. The molecule has 7 heteroatoms. The number of hydrogen-bond donors (Lipinski definition) is 2. The Bertz CT molecular complexity index is 1420. The molecule has 1 heterocycles. The Kier molecular flexibility index (Phi) is 6.52. The average molecular weight is 489 g/mol. The minimum absolute atomic E-state index is 0.0401. The molecule has 36 heavy (non-hydrogen) atoms. The molecule has 1 amide bonds. The van der Waals surface area contributed by atoms with Gasteiger partial charge in [-0.3, -0.25) is 19.0 Å². The largest absolute Gasteiger partial charge is 0.508 e. The molecule has 2 aromatic carbocycles. The number of rotatable bonds is 5. The van der Waals surface area contributed by atoms with E-state index in [2.05, 4.69) is 5.32 Å². The first-order valence-electron chi connectivity index (χ1n) is 12.0. The number of ether oxygens (including phenoxy) is 1. The van der Waals surface area contributed by atoms with Crippen LogP contribution in [0.2, 0.25) is 0 Å². The van der Waals surface area contributed by atoms with Gasteiger partial charge in [0.05, 0.1) is 7.11 Å². The van der Waals surface area contributed by atoms with Gasteiger partial charge in [0.25, 0.3) is 11.5 Å². The van der Waals surface area contributed by atoms with Crippen molar-refractivity contribution in [3.05, 3.63) is 80.8 Å². The van der Waals surface area contributed by atoms with E-state index in [1.807, 2.05) is 27.7 Å². The lowest BCUT2D eigenvalue weighted by Gasteiger charge is -2.32. The lowest BCUT2D eigenvalue weighted by atomic mass is 9.75. The number of carbonyl (C=O) groups excluding carboxylic acids is 2. The zero-order valence-corrected chi connectivity index (χ0v) is 21.6. The molecule has 1 aromatic heterocycles. The molecule has 0 unspecified atom stereocenters. The maximum atomic E-state index is 13.8. The molecule has 0 aliphatic heterocycles. The maximum absolute atomic E-state index is 13.8. The van der Waals surface area contributed by atoms with E-state index in [1.165, 1.54) is 10.6 Å². The summed E-state index contributed by atoms with van der Waals surface area (Å²) in [4.78, 5) is 40.4. The Hall–Kier alpha value is -3.87. The second kappa shape index (κ2) is 9.30. The number of carbonyl (C=O) groups is 2. The number of anilines is 1. The van der Waals surface area contributed by atoms with Gasteiger partial charge in [-0.1, -0.05) is 27.7 Å². The predicted octanol–water partition coefficient (Wildman–Crippen LogP) is 5.39. The number of Topliss-reactive ketones (excluding diaryl/α,β-unsaturated/α-hetero) is 1. The second-order valence-corrected chi connectivity index (χ2v) is 10.5. The van der Waals surface area contributed by atoms with E-state index in [9.17, 15) is 19.5 Å². The number of pyridine rings is 1. The normalized spacial score (nSPS) is 14.5. The number of nitrogens with zero attached hydrogens (tertiary/aromatic N) is 1. The van der Waals surface area contributed by atoms with E-state index in [0.717, 1.165) is 0 Å². The van der Waals surface area contributed by atoms with E-state index in [1.54, 1.807) is 50.4 Å². The first-order chi connectivity index (χ1) is 16.9. The van der Waals surface area contributed by atoms with Gasteiger partial charge in [0.2, 0.25) is 0 Å². The zero-order valence-electron chi connectivity index (χ0n) is 21.6. The molecule has 0 saturated carbocycles. The van der Waals surface area contributed by atoms with Crippen LogP contribution >= 0.6 is 0 Å². The van der Waals surface area contributed by atoms with Gasteiger partial charge in [-0.2, -0.15) is 0 Å². The summed E-state index contributed by atoms with van der Waals surface area (Å²) in [6.07, 6.45) is 0.850. The second-order valence-electron chi connectivity index (χ2n) is 10.5. The number of benzene rings is 2. The summed E-state index contributed by atoms with van der Waals surface area (Å²) >= 11 is 0. The fourth-order valence-electron chi connectivity index (χ4n) is 4.78. The van der Waals surface area contributed by atoms with Gasteiger partial charge in [-0.15, -0.1) is 0 Å². The van der Waals surface area contributed by atoms with Crippen LogP contribution in [0.15, 0.2) is 47.3 Å². The van der Waals surface area contributed by atoms with Crippen LogP contribution < -0.4 is 15.6 Å². The van der Waals surface area contributed by atoms with Crippen LogP contribution in [0.1, 0.15) is 77.6 Å². The van der Waals surface area contributed by atoms with Crippen molar-refractivity contribution in [2.24, 2.45) is 5.41 Å². The highest BCUT2D eigenvalue weighted by Gasteiger charge is 2.35. The number of hydrogen-bond acceptors (Lipinski definition) is 5. The Morgan fingerprint density at radius 3 is 2.36 bits per heavy atom. The number of ketones is 1. The first kappa shape index (κ1) is 25.2. The van der Waals surface area contributed by atoms with Gasteiger partial charge in [-0.05, 0) is 78.3 Å². The summed E-state index contributed by atoms with van der Waals surface area (Å²) < 4.78 is 6.73. The third-order valence-corrected chi connectivity index (χ3v) is 6.71. The summed E-state index contributed by atoms with van der Waals surface area (Å²) in [5, 5.41) is 13.1. The van der Waals surface area contributed by atoms with Crippen LogP contribution in [0.25, 0.3) is 5.69 Å². The van der Waals surface area contributed by atoms with E-state index in [0.29, 0.717) is 52.4 Å². The minimum atomic E-state index is -0.605. The maximum Gasteiger partial charge on any atom is 0.268 e. The number of nitrogens with one attached hydrogen (secondary N) is 1. The SMILES string of the molecule is COc1ccc(-n2c3c(cc(C(=O)Nc4cc(C(C)C)c(O)cc4C)c2=O)C(=O)CC(C)(C)C3)cc1. The van der Waals surface area contributed by atoms with Gasteiger partial charge in [0.15, 0.2) is 5.78 Å². The molecule has 3 aromatic rings. The third-order valence-electron chi connectivity index (χ3n) is 6.71. The molecule has 0 saturated heterocycles. The number of aryl methyl sites for hydroxylation is 1. The topological polar surface area (TPSA) is 97.6 Å². The lowest BCUT2D eigenvalue weighted by Crippen LogP contribution is -2.37. The molecule has 0 fully saturated rings. The van der Waals surface area contributed by atoms with Crippen LogP contribution in [0.3, 0.4) is 0 Å². The molecule has 0 atom stereocenters. The quantitative estimate of drug-likeness (QED) is 0.469. The highest BCUT2D eigenvalue weighted by molar-refractivity contribution is 6.07. The van der Waals surface area contributed by atoms with Crippen molar-refractivity contribution >= 4 is 17.4 Å². The average Bonchev–Trinajstić information content (AvgIpc) is 2.79. The first-order valence-corrected chi connectivity index (χ1v) is 12.0. The summed E-state index contributed by atoms with van der Waals surface area (Å²) in [7, 11) is 1.56. The summed E-state index contributed by atoms with van der Waals surface area (Å²) in [5.74, 6) is 0.129. The molecular weight excluding hydrogens is 456 g/mol. The minimum Gasteiger partial charge on any atom is -0.508 e. The van der Waals surface area contributed by atoms with Crippen molar-refractivity contribution < 1.29 is 19.4 Å². The number of methoxy groups -OCH3 is 1. The van der Waals surface area contributed by atoms with E-state index in [-0.39, 0.29) is 28.4 Å². The number of fused-ring (bicyclic) bond motifs is 1. The summed E-state index contributed by atoms with van der Waals surface area (Å²) in [6, 6.07) is 11.7. The van der Waals surface area contributed by atoms with Crippen molar-refractivity contribution in [2.45, 2.75) is 53.4 Å². The Balaban J connectivity index is 1.87. The van der Waals surface area contributed by atoms with Gasteiger partial charge in [0, 0.05) is 29.1 Å². The number of aromatic nitrogens is 1. The molecular formula is C29H32N2O5. The van der Waals surface area contributed by atoms with Crippen LogP contribution in [-0.2, 0) is 6.42 Å². The zero-order chi connectivity index (χ0) is 26.4. The Morgan fingerprint density at radius 1 is 1.08 bits per heavy atom. The van der Waals surface area contributed by atoms with Crippen molar-refractivity contribution in [2.75, 3.05) is 12.4 Å². The Labute approximate surface area is 210 Å². The van der Waals surface area contributed by atoms with Gasteiger partial charge in [-0.25, -0.2) is 0 Å². The third kappa shape index (κ3) is 4.65. The van der Waals surface area contributed by atoms with Crippen LogP contribution in [0.5, 0.6) is 11.5 Å². The van der Waals surface area contributed by atoms with Crippen molar-refractivity contribution in [1.29, 1.82) is 0 Å². The van der Waals surface area contributed by atoms with Crippen LogP contribution in [0.4, 0.5) is 5.69 Å². The summed E-state index contributed by atoms with van der Waals surface area (Å²) in [5.41, 5.74) is 2.48. The van der Waals surface area contributed by atoms with Gasteiger partial charge >= 0.3 is 0 Å². The van der Waals surface area contributed by atoms with E-state index >= 15 is 0 Å². The van der Waals surface area contributed by atoms with Crippen molar-refractivity contribution in [3.63, 3.8) is 0 Å². The molecule has 4 rings (SSSR count). The van der Waals surface area contributed by atoms with Crippen LogP contribution in [0, 0.1) is 12.3 Å². The van der Waals surface area contributed by atoms with E-state index < -0.39 is 11.5 Å². The molecule has 0 bridgehead atoms. The smallest absolute Gasteiger partial charge is 0.268 e. The number of phenolic OH excluding ortho intramolecular Hbond substituents is 1. The standard InChI is InChI=1S/C29H32N2O5/c1-16(2)20-13-23(17(3)11-25(20)32)30-27(34)22-12-21-24(14-29(4,5)15-26(21)33)31(28(22)35)18-7-9-19(36-6)10-8-18/h7-13,16,32H,14-15H2,1-6H3,(H,30,34). The summed E-state index contributed by atoms with van der Waals surface area (Å²) in [6.45, 7) is 9.65. The predicted molar refractivity (Wildman–Crippen MR) is 140 cm³/mol. The molecule has 0 radical (unpaired) electrons. The number of phenols is 1. The fourth-order valence-corrected chi connectivity index (χ4v) is 4.78. The molecule has 2 N–H and O–H groups in total. The van der Waals surface area contributed by atoms with Gasteiger partial charge in [0.1, 0.15) is 17.1 Å². The van der Waals surface area contributed by atoms with Crippen molar-refractivity contribution in [3.8, 4) is 17.2 Å². The molecule has 0 spiro atoms.